The van der Waals surface area contributed by atoms with Crippen molar-refractivity contribution in [2.24, 2.45) is 0 Å². The number of hydrogen-bond acceptors (Lipinski definition) is 3. The molecule has 4 nitrogen and oxygen atoms in total. The number of nitrogens with one attached hydrogen (secondary N) is 1. The van der Waals surface area contributed by atoms with Crippen molar-refractivity contribution in [1.82, 2.24) is 5.32 Å². The van der Waals surface area contributed by atoms with E-state index >= 15 is 0 Å². The lowest BCUT2D eigenvalue weighted by molar-refractivity contribution is -0.117. The van der Waals surface area contributed by atoms with Gasteiger partial charge in [-0.25, -0.2) is 4.79 Å². The zero-order valence-corrected chi connectivity index (χ0v) is 10.5. The fourth-order valence-corrected chi connectivity index (χ4v) is 1.82. The molecule has 0 aromatic heterocycles. The van der Waals surface area contributed by atoms with E-state index in [2.05, 4.69) is 12.6 Å². The van der Waals surface area contributed by atoms with Crippen LogP contribution in [0.4, 0.5) is 4.79 Å². The van der Waals surface area contributed by atoms with Crippen LogP contribution in [0.3, 0.4) is 0 Å². The van der Waals surface area contributed by atoms with E-state index in [1.165, 1.54) is 0 Å². The molecule has 1 amide bonds. The molecule has 0 spiro atoms. The predicted octanol–water partition coefficient (Wildman–Crippen LogP) is 2.10. The first-order chi connectivity index (χ1) is 8.02. The van der Waals surface area contributed by atoms with Crippen molar-refractivity contribution in [2.75, 3.05) is 6.54 Å². The minimum absolute atomic E-state index is 0.312. The average molecular weight is 274 g/mol. The van der Waals surface area contributed by atoms with Gasteiger partial charge in [-0.3, -0.25) is 4.79 Å². The van der Waals surface area contributed by atoms with Gasteiger partial charge in [-0.2, -0.15) is 12.6 Å². The number of thiol groups is 1. The topological polar surface area (TPSA) is 66.4 Å². The summed E-state index contributed by atoms with van der Waals surface area (Å²) in [6, 6.07) is 9.11. The number of carboxylic acid groups (broad SMARTS) is 1. The Kier molecular flexibility index (Phi) is 5.31. The maximum Gasteiger partial charge on any atom is 0.405 e. The van der Waals surface area contributed by atoms with Gasteiger partial charge in [0.15, 0.2) is 5.78 Å². The molecule has 0 aliphatic heterocycles. The molecule has 0 radical (unpaired) electrons. The second-order valence-corrected chi connectivity index (χ2v) is 4.41. The van der Waals surface area contributed by atoms with Gasteiger partial charge in [0.05, 0.1) is 11.8 Å². The van der Waals surface area contributed by atoms with Crippen LogP contribution in [0.15, 0.2) is 30.3 Å². The molecule has 1 aromatic carbocycles. The summed E-state index contributed by atoms with van der Waals surface area (Å²) in [5.41, 5.74) is 0.819. The standard InChI is InChI=1S/C11H12ClNO3S/c12-9(8(14)6-13-11(15)16)10(17)7-4-2-1-3-5-7/h1-5,9-10,13,17H,6H2,(H,15,16)/t9?,10-/m1/s1. The van der Waals surface area contributed by atoms with E-state index in [4.69, 9.17) is 16.7 Å². The van der Waals surface area contributed by atoms with Gasteiger partial charge in [-0.15, -0.1) is 11.6 Å². The molecule has 0 heterocycles. The zero-order chi connectivity index (χ0) is 12.8. The molecule has 0 aliphatic carbocycles. The van der Waals surface area contributed by atoms with Crippen LogP contribution in [0.25, 0.3) is 0 Å². The molecule has 0 bridgehead atoms. The summed E-state index contributed by atoms with van der Waals surface area (Å²) in [6.07, 6.45) is -1.25. The summed E-state index contributed by atoms with van der Waals surface area (Å²) in [7, 11) is 0. The van der Waals surface area contributed by atoms with Gasteiger partial charge in [0.1, 0.15) is 5.38 Å². The van der Waals surface area contributed by atoms with Crippen LogP contribution in [-0.4, -0.2) is 28.9 Å². The average Bonchev–Trinajstić information content (AvgIpc) is 2.35. The summed E-state index contributed by atoms with van der Waals surface area (Å²) >= 11 is 10.2. The largest absolute Gasteiger partial charge is 0.465 e. The van der Waals surface area contributed by atoms with Crippen LogP contribution in [0, 0.1) is 0 Å². The van der Waals surface area contributed by atoms with Crippen molar-refractivity contribution < 1.29 is 14.7 Å². The van der Waals surface area contributed by atoms with E-state index in [9.17, 15) is 9.59 Å². The highest BCUT2D eigenvalue weighted by Gasteiger charge is 2.24. The molecule has 0 aliphatic rings. The van der Waals surface area contributed by atoms with Crippen molar-refractivity contribution in [3.8, 4) is 0 Å². The Morgan fingerprint density at radius 2 is 1.94 bits per heavy atom. The van der Waals surface area contributed by atoms with Gasteiger partial charge in [0, 0.05) is 0 Å². The van der Waals surface area contributed by atoms with Crippen molar-refractivity contribution in [2.45, 2.75) is 10.6 Å². The molecule has 1 aromatic rings. The number of benzene rings is 1. The number of carbonyl (C=O) groups excluding carboxylic acids is 1. The third kappa shape index (κ3) is 4.28. The third-order valence-electron chi connectivity index (χ3n) is 2.14. The first kappa shape index (κ1) is 13.9. The number of rotatable bonds is 5. The highest BCUT2D eigenvalue weighted by molar-refractivity contribution is 7.80. The predicted molar refractivity (Wildman–Crippen MR) is 68.8 cm³/mol. The normalized spacial score (nSPS) is 13.8. The lowest BCUT2D eigenvalue weighted by Crippen LogP contribution is -2.33. The summed E-state index contributed by atoms with van der Waals surface area (Å²) in [6.45, 7) is -0.312. The Labute approximate surface area is 109 Å². The zero-order valence-electron chi connectivity index (χ0n) is 8.84. The second kappa shape index (κ2) is 6.51. The molecular weight excluding hydrogens is 262 g/mol. The number of halogens is 1. The molecule has 2 N–H and O–H groups in total. The van der Waals surface area contributed by atoms with Gasteiger partial charge < -0.3 is 10.4 Å². The van der Waals surface area contributed by atoms with Crippen LogP contribution >= 0.6 is 24.2 Å². The molecule has 2 atom stereocenters. The van der Waals surface area contributed by atoms with E-state index in [1.54, 1.807) is 0 Å². The maximum atomic E-state index is 11.6. The summed E-state index contributed by atoms with van der Waals surface area (Å²) in [5.74, 6) is -0.405. The number of amides is 1. The second-order valence-electron chi connectivity index (χ2n) is 3.38. The van der Waals surface area contributed by atoms with E-state index in [0.29, 0.717) is 0 Å². The van der Waals surface area contributed by atoms with E-state index < -0.39 is 22.5 Å². The summed E-state index contributed by atoms with van der Waals surface area (Å²) < 4.78 is 0. The van der Waals surface area contributed by atoms with Gasteiger partial charge in [0.25, 0.3) is 0 Å². The van der Waals surface area contributed by atoms with Gasteiger partial charge in [0.2, 0.25) is 0 Å². The lowest BCUT2D eigenvalue weighted by Gasteiger charge is -2.16. The summed E-state index contributed by atoms with van der Waals surface area (Å²) in [5, 5.41) is 9.03. The highest BCUT2D eigenvalue weighted by Crippen LogP contribution is 2.27. The minimum atomic E-state index is -1.25. The van der Waals surface area contributed by atoms with Crippen LogP contribution in [0.2, 0.25) is 0 Å². The van der Waals surface area contributed by atoms with Crippen LogP contribution in [0.1, 0.15) is 10.8 Å². The number of alkyl halides is 1. The molecule has 0 fully saturated rings. The molecular formula is C11H12ClNO3S. The molecule has 6 heteroatoms. The Balaban J connectivity index is 2.60. The highest BCUT2D eigenvalue weighted by atomic mass is 35.5. The smallest absolute Gasteiger partial charge is 0.405 e. The minimum Gasteiger partial charge on any atom is -0.465 e. The Hall–Kier alpha value is -1.20. The fraction of sp³-hybridized carbons (Fsp3) is 0.273. The van der Waals surface area contributed by atoms with Crippen molar-refractivity contribution >= 4 is 36.1 Å². The van der Waals surface area contributed by atoms with Crippen molar-refractivity contribution in [1.29, 1.82) is 0 Å². The van der Waals surface area contributed by atoms with Crippen LogP contribution < -0.4 is 5.32 Å². The van der Waals surface area contributed by atoms with Crippen LogP contribution in [0.5, 0.6) is 0 Å². The summed E-state index contributed by atoms with van der Waals surface area (Å²) in [4.78, 5) is 21.8. The molecule has 17 heavy (non-hydrogen) atoms. The molecule has 0 saturated carbocycles. The third-order valence-corrected chi connectivity index (χ3v) is 3.41. The van der Waals surface area contributed by atoms with Crippen molar-refractivity contribution in [3.05, 3.63) is 35.9 Å². The van der Waals surface area contributed by atoms with E-state index in [0.717, 1.165) is 5.56 Å². The first-order valence-corrected chi connectivity index (χ1v) is 5.84. The maximum absolute atomic E-state index is 11.6. The van der Waals surface area contributed by atoms with Gasteiger partial charge in [-0.05, 0) is 5.56 Å². The monoisotopic (exact) mass is 273 g/mol. The Morgan fingerprint density at radius 1 is 1.35 bits per heavy atom. The Morgan fingerprint density at radius 3 is 2.47 bits per heavy atom. The fourth-order valence-electron chi connectivity index (χ4n) is 1.26. The van der Waals surface area contributed by atoms with Gasteiger partial charge >= 0.3 is 6.09 Å². The first-order valence-electron chi connectivity index (χ1n) is 4.89. The Bertz CT molecular complexity index is 399. The van der Waals surface area contributed by atoms with Gasteiger partial charge in [-0.1, -0.05) is 30.3 Å². The quantitative estimate of drug-likeness (QED) is 0.569. The molecule has 0 saturated heterocycles. The molecule has 92 valence electrons. The lowest BCUT2D eigenvalue weighted by atomic mass is 10.1. The SMILES string of the molecule is O=C(O)NCC(=O)C(Cl)[C@H](S)c1ccccc1. The van der Waals surface area contributed by atoms with Crippen molar-refractivity contribution in [3.63, 3.8) is 0 Å². The number of Topliss-reactive ketones (excluding diaryl/α,β-unsaturated/α-hetero) is 1. The molecule has 1 unspecified atom stereocenters. The van der Waals surface area contributed by atoms with Crippen LogP contribution in [-0.2, 0) is 4.79 Å². The van der Waals surface area contributed by atoms with E-state index in [1.807, 2.05) is 35.6 Å². The number of hydrogen-bond donors (Lipinski definition) is 3. The van der Waals surface area contributed by atoms with E-state index in [-0.39, 0.29) is 6.54 Å². The molecule has 1 rings (SSSR count). The number of carbonyl (C=O) groups is 2. The number of ketones is 1.